The van der Waals surface area contributed by atoms with Gasteiger partial charge >= 0.3 is 0 Å². The van der Waals surface area contributed by atoms with Crippen LogP contribution in [0, 0.1) is 0 Å². The molecule has 1 amide bonds. The Kier molecular flexibility index (Phi) is 6.94. The number of fused-ring (bicyclic) bond motifs is 1. The lowest BCUT2D eigenvalue weighted by molar-refractivity contribution is -0.113. The Balaban J connectivity index is 1.46. The highest BCUT2D eigenvalue weighted by molar-refractivity contribution is 7.99. The van der Waals surface area contributed by atoms with E-state index in [0.29, 0.717) is 33.4 Å². The average molecular weight is 500 g/mol. The molecule has 1 aromatic heterocycles. The van der Waals surface area contributed by atoms with Crippen LogP contribution in [0.15, 0.2) is 81.3 Å². The first-order valence-corrected chi connectivity index (χ1v) is 12.5. The summed E-state index contributed by atoms with van der Waals surface area (Å²) in [6, 6.07) is 18.1. The zero-order valence-electron chi connectivity index (χ0n) is 18.3. The van der Waals surface area contributed by atoms with Crippen molar-refractivity contribution >= 4 is 50.2 Å². The minimum absolute atomic E-state index is 0.0328. The van der Waals surface area contributed by atoms with E-state index in [4.69, 9.17) is 13.9 Å². The molecule has 0 saturated carbocycles. The topological polar surface area (TPSA) is 120 Å². The van der Waals surface area contributed by atoms with Crippen LogP contribution in [0.25, 0.3) is 11.1 Å². The molecule has 3 aromatic carbocycles. The number of anilines is 2. The van der Waals surface area contributed by atoms with Gasteiger partial charge in [0.2, 0.25) is 5.91 Å². The maximum atomic E-state index is 13.0. The van der Waals surface area contributed by atoms with E-state index < -0.39 is 10.0 Å². The third-order valence-corrected chi connectivity index (χ3v) is 6.91. The van der Waals surface area contributed by atoms with Crippen LogP contribution in [-0.2, 0) is 14.8 Å². The summed E-state index contributed by atoms with van der Waals surface area (Å²) < 4.78 is 44.4. The van der Waals surface area contributed by atoms with Gasteiger partial charge in [0.1, 0.15) is 21.9 Å². The van der Waals surface area contributed by atoms with Crippen molar-refractivity contribution in [3.05, 3.63) is 66.7 Å². The molecule has 0 bridgehead atoms. The lowest BCUT2D eigenvalue weighted by Crippen LogP contribution is -2.17. The maximum absolute atomic E-state index is 13.0. The molecule has 1 heterocycles. The minimum Gasteiger partial charge on any atom is -0.497 e. The molecule has 2 N–H and O–H groups in total. The number of methoxy groups -OCH3 is 2. The second kappa shape index (κ2) is 10.1. The number of aromatic nitrogens is 1. The first-order valence-electron chi connectivity index (χ1n) is 10.0. The predicted molar refractivity (Wildman–Crippen MR) is 130 cm³/mol. The van der Waals surface area contributed by atoms with Gasteiger partial charge in [0.05, 0.1) is 20.0 Å². The van der Waals surface area contributed by atoms with Crippen LogP contribution in [0.4, 0.5) is 11.4 Å². The molecule has 176 valence electrons. The number of carbonyl (C=O) groups is 1. The summed E-state index contributed by atoms with van der Waals surface area (Å²) in [4.78, 5) is 16.7. The van der Waals surface area contributed by atoms with Gasteiger partial charge in [-0.2, -0.15) is 0 Å². The molecule has 0 saturated heterocycles. The Morgan fingerprint density at radius 3 is 2.44 bits per heavy atom. The van der Waals surface area contributed by atoms with Crippen LogP contribution in [0.3, 0.4) is 0 Å². The second-order valence-electron chi connectivity index (χ2n) is 6.98. The number of rotatable bonds is 9. The molecule has 0 aliphatic heterocycles. The van der Waals surface area contributed by atoms with Gasteiger partial charge in [0, 0.05) is 11.4 Å². The van der Waals surface area contributed by atoms with Gasteiger partial charge in [-0.15, -0.1) is 0 Å². The highest BCUT2D eigenvalue weighted by Crippen LogP contribution is 2.30. The number of nitrogens with zero attached hydrogens (tertiary/aromatic N) is 1. The Morgan fingerprint density at radius 2 is 1.74 bits per heavy atom. The predicted octanol–water partition coefficient (Wildman–Crippen LogP) is 4.38. The summed E-state index contributed by atoms with van der Waals surface area (Å²) in [6.45, 7) is 0. The highest BCUT2D eigenvalue weighted by atomic mass is 32.2. The van der Waals surface area contributed by atoms with E-state index in [-0.39, 0.29) is 22.3 Å². The van der Waals surface area contributed by atoms with Gasteiger partial charge in [-0.05, 0) is 54.6 Å². The Bertz CT molecular complexity index is 1390. The van der Waals surface area contributed by atoms with Crippen LogP contribution in [0.5, 0.6) is 11.5 Å². The number of nitrogens with one attached hydrogen (secondary N) is 2. The molecule has 0 fully saturated rings. The van der Waals surface area contributed by atoms with Gasteiger partial charge in [0.15, 0.2) is 5.58 Å². The number of oxazole rings is 1. The fraction of sp³-hybridized carbons (Fsp3) is 0.130. The quantitative estimate of drug-likeness (QED) is 0.326. The third-order valence-electron chi connectivity index (χ3n) is 4.68. The number of hydrogen-bond acceptors (Lipinski definition) is 8. The molecule has 0 radical (unpaired) electrons. The molecule has 4 aromatic rings. The summed E-state index contributed by atoms with van der Waals surface area (Å²) in [5, 5.41) is 3.07. The fourth-order valence-corrected chi connectivity index (χ4v) is 4.96. The van der Waals surface area contributed by atoms with E-state index in [0.717, 1.165) is 11.8 Å². The van der Waals surface area contributed by atoms with Crippen molar-refractivity contribution < 1.29 is 27.1 Å². The van der Waals surface area contributed by atoms with E-state index in [1.165, 1.54) is 26.4 Å². The number of ether oxygens (including phenoxy) is 2. The second-order valence-corrected chi connectivity index (χ2v) is 9.56. The Hall–Kier alpha value is -3.70. The number of carbonyl (C=O) groups excluding carboxylic acids is 1. The van der Waals surface area contributed by atoms with E-state index in [1.807, 2.05) is 18.2 Å². The van der Waals surface area contributed by atoms with Crippen molar-refractivity contribution in [1.82, 2.24) is 4.98 Å². The summed E-state index contributed by atoms with van der Waals surface area (Å²) in [5.41, 5.74) is 2.01. The molecule has 0 aliphatic carbocycles. The lowest BCUT2D eigenvalue weighted by Gasteiger charge is -2.14. The monoisotopic (exact) mass is 499 g/mol. The van der Waals surface area contributed by atoms with Crippen molar-refractivity contribution in [1.29, 1.82) is 0 Å². The molecule has 0 spiro atoms. The molecule has 9 nitrogen and oxygen atoms in total. The summed E-state index contributed by atoms with van der Waals surface area (Å²) >= 11 is 1.14. The molecule has 4 rings (SSSR count). The third kappa shape index (κ3) is 5.43. The zero-order valence-corrected chi connectivity index (χ0v) is 19.9. The van der Waals surface area contributed by atoms with Crippen LogP contribution < -0.4 is 19.5 Å². The molecule has 0 unspecified atom stereocenters. The summed E-state index contributed by atoms with van der Waals surface area (Å²) in [5.74, 6) is 0.426. The van der Waals surface area contributed by atoms with Crippen molar-refractivity contribution in [2.45, 2.75) is 10.1 Å². The van der Waals surface area contributed by atoms with Crippen molar-refractivity contribution in [3.8, 4) is 11.5 Å². The fourth-order valence-electron chi connectivity index (χ4n) is 3.07. The average Bonchev–Trinajstić information content (AvgIpc) is 3.26. The van der Waals surface area contributed by atoms with E-state index in [2.05, 4.69) is 15.0 Å². The zero-order chi connectivity index (χ0) is 24.1. The van der Waals surface area contributed by atoms with Crippen LogP contribution >= 0.6 is 11.8 Å². The SMILES string of the molecule is COc1ccc(NS(=O)(=O)c2cc(NC(=O)CSc3nc4ccccc4o3)ccc2OC)cc1. The summed E-state index contributed by atoms with van der Waals surface area (Å²) in [7, 11) is -1.11. The van der Waals surface area contributed by atoms with E-state index in [9.17, 15) is 13.2 Å². The Labute approximate surface area is 200 Å². The van der Waals surface area contributed by atoms with Crippen LogP contribution in [0.1, 0.15) is 0 Å². The summed E-state index contributed by atoms with van der Waals surface area (Å²) in [6.07, 6.45) is 0. The standard InChI is InChI=1S/C23H21N3O6S2/c1-30-17-10-7-15(8-11-17)26-34(28,29)21-13-16(9-12-20(21)31-2)24-22(27)14-33-23-25-18-5-3-4-6-19(18)32-23/h3-13,26H,14H2,1-2H3,(H,24,27). The largest absolute Gasteiger partial charge is 0.497 e. The van der Waals surface area contributed by atoms with E-state index in [1.54, 1.807) is 36.4 Å². The van der Waals surface area contributed by atoms with Gasteiger partial charge in [-0.1, -0.05) is 23.9 Å². The van der Waals surface area contributed by atoms with Crippen molar-refractivity contribution in [2.75, 3.05) is 30.0 Å². The number of thioether (sulfide) groups is 1. The first kappa shape index (κ1) is 23.5. The molecule has 11 heteroatoms. The molecule has 34 heavy (non-hydrogen) atoms. The van der Waals surface area contributed by atoms with Crippen molar-refractivity contribution in [3.63, 3.8) is 0 Å². The van der Waals surface area contributed by atoms with Gasteiger partial charge in [0.25, 0.3) is 15.2 Å². The van der Waals surface area contributed by atoms with Gasteiger partial charge < -0.3 is 19.2 Å². The van der Waals surface area contributed by atoms with Crippen molar-refractivity contribution in [2.24, 2.45) is 0 Å². The molecule has 0 aliphatic rings. The lowest BCUT2D eigenvalue weighted by atomic mass is 10.3. The normalized spacial score (nSPS) is 11.2. The molecular formula is C23H21N3O6S2. The molecular weight excluding hydrogens is 478 g/mol. The van der Waals surface area contributed by atoms with E-state index >= 15 is 0 Å². The Morgan fingerprint density at radius 1 is 1.00 bits per heavy atom. The first-order chi connectivity index (χ1) is 16.4. The number of hydrogen-bond donors (Lipinski definition) is 2. The number of sulfonamides is 1. The van der Waals surface area contributed by atoms with Crippen LogP contribution in [0.2, 0.25) is 0 Å². The maximum Gasteiger partial charge on any atom is 0.265 e. The van der Waals surface area contributed by atoms with Gasteiger partial charge in [-0.3, -0.25) is 9.52 Å². The minimum atomic E-state index is -4.00. The molecule has 0 atom stereocenters. The number of benzene rings is 3. The smallest absolute Gasteiger partial charge is 0.265 e. The number of amides is 1. The van der Waals surface area contributed by atoms with Crippen LogP contribution in [-0.4, -0.2) is 39.3 Å². The highest BCUT2D eigenvalue weighted by Gasteiger charge is 2.21. The number of para-hydroxylation sites is 2. The van der Waals surface area contributed by atoms with Gasteiger partial charge in [-0.25, -0.2) is 13.4 Å².